The molecule has 2 N–H and O–H groups in total. The molecule has 0 radical (unpaired) electrons. The van der Waals surface area contributed by atoms with Crippen LogP contribution in [-0.2, 0) is 9.59 Å². The van der Waals surface area contributed by atoms with Crippen molar-refractivity contribution >= 4 is 17.9 Å². The third kappa shape index (κ3) is 8.16. The molecule has 0 fully saturated rings. The van der Waals surface area contributed by atoms with Gasteiger partial charge in [-0.2, -0.15) is 0 Å². The minimum Gasteiger partial charge on any atom is -0.481 e. The number of carboxylic acids is 1. The maximum atomic E-state index is 12.2. The van der Waals surface area contributed by atoms with Gasteiger partial charge in [0.1, 0.15) is 6.54 Å². The molecule has 0 saturated heterocycles. The summed E-state index contributed by atoms with van der Waals surface area (Å²) in [6.07, 6.45) is -0.114. The van der Waals surface area contributed by atoms with E-state index in [1.54, 1.807) is 0 Å². The van der Waals surface area contributed by atoms with Gasteiger partial charge in [0.05, 0.1) is 6.42 Å². The van der Waals surface area contributed by atoms with Crippen molar-refractivity contribution in [1.82, 2.24) is 15.1 Å². The number of carboxylic acid groups (broad SMARTS) is 1. The Balaban J connectivity index is 4.48. The summed E-state index contributed by atoms with van der Waals surface area (Å²) >= 11 is 0. The van der Waals surface area contributed by atoms with Crippen LogP contribution < -0.4 is 5.32 Å². The number of nitrogens with one attached hydrogen (secondary N) is 1. The molecule has 0 unspecified atom stereocenters. The van der Waals surface area contributed by atoms with Crippen molar-refractivity contribution < 1.29 is 19.5 Å². The highest BCUT2D eigenvalue weighted by Gasteiger charge is 2.22. The fourth-order valence-electron chi connectivity index (χ4n) is 1.67. The molecular formula is C14H27N3O4. The second kappa shape index (κ2) is 9.20. The molecule has 0 rings (SSSR count). The van der Waals surface area contributed by atoms with E-state index in [-0.39, 0.29) is 37.5 Å². The van der Waals surface area contributed by atoms with Crippen LogP contribution in [0.4, 0.5) is 4.79 Å². The lowest BCUT2D eigenvalue weighted by molar-refractivity contribution is -0.137. The predicted octanol–water partition coefficient (Wildman–Crippen LogP) is 0.996. The monoisotopic (exact) mass is 301 g/mol. The number of nitrogens with zero attached hydrogens (tertiary/aromatic N) is 2. The lowest BCUT2D eigenvalue weighted by atomic mass is 10.2. The summed E-state index contributed by atoms with van der Waals surface area (Å²) in [5.74, 6) is -0.829. The second-order valence-corrected chi connectivity index (χ2v) is 5.77. The molecule has 0 saturated carbocycles. The number of likely N-dealkylation sites (N-methyl/N-ethyl adjacent to an activating group) is 1. The highest BCUT2D eigenvalue weighted by Crippen LogP contribution is 2.05. The first-order valence-electron chi connectivity index (χ1n) is 7.15. The van der Waals surface area contributed by atoms with Crippen molar-refractivity contribution in [3.8, 4) is 0 Å². The van der Waals surface area contributed by atoms with Crippen LogP contribution in [0.1, 0.15) is 34.1 Å². The highest BCUT2D eigenvalue weighted by atomic mass is 16.4. The smallest absolute Gasteiger partial charge is 0.320 e. The predicted molar refractivity (Wildman–Crippen MR) is 80.0 cm³/mol. The van der Waals surface area contributed by atoms with E-state index in [0.29, 0.717) is 12.5 Å². The Kier molecular flexibility index (Phi) is 8.42. The zero-order valence-corrected chi connectivity index (χ0v) is 13.5. The average molecular weight is 301 g/mol. The number of rotatable bonds is 8. The highest BCUT2D eigenvalue weighted by molar-refractivity contribution is 5.84. The van der Waals surface area contributed by atoms with Crippen molar-refractivity contribution in [2.45, 2.75) is 40.2 Å². The van der Waals surface area contributed by atoms with Gasteiger partial charge >= 0.3 is 12.0 Å². The first kappa shape index (κ1) is 19.2. The van der Waals surface area contributed by atoms with Crippen LogP contribution in [0.15, 0.2) is 0 Å². The molecule has 0 spiro atoms. The van der Waals surface area contributed by atoms with Crippen LogP contribution in [0.5, 0.6) is 0 Å². The van der Waals surface area contributed by atoms with Gasteiger partial charge in [-0.05, 0) is 19.8 Å². The van der Waals surface area contributed by atoms with E-state index >= 15 is 0 Å². The van der Waals surface area contributed by atoms with Crippen molar-refractivity contribution in [2.75, 3.05) is 26.7 Å². The lowest BCUT2D eigenvalue weighted by Gasteiger charge is -2.30. The van der Waals surface area contributed by atoms with Gasteiger partial charge in [0.25, 0.3) is 0 Å². The van der Waals surface area contributed by atoms with Crippen molar-refractivity contribution in [1.29, 1.82) is 0 Å². The summed E-state index contributed by atoms with van der Waals surface area (Å²) in [6.45, 7) is 8.25. The minimum atomic E-state index is -0.953. The summed E-state index contributed by atoms with van der Waals surface area (Å²) in [4.78, 5) is 37.3. The van der Waals surface area contributed by atoms with Gasteiger partial charge in [-0.25, -0.2) is 4.79 Å². The quantitative estimate of drug-likeness (QED) is 0.699. The zero-order valence-electron chi connectivity index (χ0n) is 13.5. The molecule has 7 heteroatoms. The van der Waals surface area contributed by atoms with Crippen LogP contribution in [-0.4, -0.2) is 65.5 Å². The molecule has 0 aromatic heterocycles. The molecule has 0 aliphatic carbocycles. The van der Waals surface area contributed by atoms with Gasteiger partial charge in [0.15, 0.2) is 0 Å². The van der Waals surface area contributed by atoms with Crippen LogP contribution in [0.2, 0.25) is 0 Å². The Bertz CT molecular complexity index is 369. The molecule has 3 amide bonds. The summed E-state index contributed by atoms with van der Waals surface area (Å²) in [5.41, 5.74) is 0. The first-order chi connectivity index (χ1) is 9.65. The molecule has 0 heterocycles. The molecule has 0 aliphatic rings. The number of aliphatic carboxylic acids is 1. The van der Waals surface area contributed by atoms with Gasteiger partial charge < -0.3 is 20.2 Å². The Hall–Kier alpha value is -1.79. The zero-order chi connectivity index (χ0) is 16.6. The Morgan fingerprint density at radius 2 is 1.71 bits per heavy atom. The van der Waals surface area contributed by atoms with Crippen LogP contribution >= 0.6 is 0 Å². The van der Waals surface area contributed by atoms with Crippen molar-refractivity contribution in [3.05, 3.63) is 0 Å². The van der Waals surface area contributed by atoms with Gasteiger partial charge in [-0.3, -0.25) is 9.59 Å². The van der Waals surface area contributed by atoms with E-state index < -0.39 is 5.97 Å². The Morgan fingerprint density at radius 1 is 1.14 bits per heavy atom. The first-order valence-corrected chi connectivity index (χ1v) is 7.15. The summed E-state index contributed by atoms with van der Waals surface area (Å²) in [5, 5.41) is 11.5. The van der Waals surface area contributed by atoms with E-state index in [1.807, 2.05) is 27.7 Å². The third-order valence-corrected chi connectivity index (χ3v) is 2.85. The van der Waals surface area contributed by atoms with Gasteiger partial charge in [-0.15, -0.1) is 0 Å². The van der Waals surface area contributed by atoms with Crippen molar-refractivity contribution in [3.63, 3.8) is 0 Å². The Labute approximate surface area is 126 Å². The second-order valence-electron chi connectivity index (χ2n) is 5.77. The van der Waals surface area contributed by atoms with Crippen LogP contribution in [0, 0.1) is 5.92 Å². The van der Waals surface area contributed by atoms with E-state index in [9.17, 15) is 14.4 Å². The van der Waals surface area contributed by atoms with Crippen LogP contribution in [0.3, 0.4) is 0 Å². The molecule has 7 nitrogen and oxygen atoms in total. The van der Waals surface area contributed by atoms with Crippen molar-refractivity contribution in [2.24, 2.45) is 5.92 Å². The van der Waals surface area contributed by atoms with E-state index in [4.69, 9.17) is 5.11 Å². The topological polar surface area (TPSA) is 90.0 Å². The van der Waals surface area contributed by atoms with Gasteiger partial charge in [0.2, 0.25) is 5.91 Å². The van der Waals surface area contributed by atoms with Crippen LogP contribution in [0.25, 0.3) is 0 Å². The SMILES string of the molecule is CC(C)CNC(=O)CN(C)C(=O)N(CCC(=O)O)C(C)C. The Morgan fingerprint density at radius 3 is 2.14 bits per heavy atom. The number of hydrogen-bond acceptors (Lipinski definition) is 3. The summed E-state index contributed by atoms with van der Waals surface area (Å²) in [6, 6.07) is -0.469. The molecule has 0 atom stereocenters. The molecule has 0 bridgehead atoms. The van der Waals surface area contributed by atoms with E-state index in [2.05, 4.69) is 5.32 Å². The number of amides is 3. The fourth-order valence-corrected chi connectivity index (χ4v) is 1.67. The number of urea groups is 1. The number of carbonyl (C=O) groups is 3. The molecular weight excluding hydrogens is 274 g/mol. The largest absolute Gasteiger partial charge is 0.481 e. The van der Waals surface area contributed by atoms with Gasteiger partial charge in [0, 0.05) is 26.2 Å². The van der Waals surface area contributed by atoms with Gasteiger partial charge in [-0.1, -0.05) is 13.8 Å². The maximum Gasteiger partial charge on any atom is 0.320 e. The molecule has 0 aromatic carbocycles. The summed E-state index contributed by atoms with van der Waals surface area (Å²) < 4.78 is 0. The third-order valence-electron chi connectivity index (χ3n) is 2.85. The number of hydrogen-bond donors (Lipinski definition) is 2. The summed E-state index contributed by atoms with van der Waals surface area (Å²) in [7, 11) is 1.54. The standard InChI is InChI=1S/C14H27N3O4/c1-10(2)8-15-12(18)9-16(5)14(21)17(11(3)4)7-6-13(19)20/h10-11H,6-9H2,1-5H3,(H,15,18)(H,19,20). The van der Waals surface area contributed by atoms with E-state index in [1.165, 1.54) is 16.8 Å². The van der Waals surface area contributed by atoms with E-state index in [0.717, 1.165) is 0 Å². The normalized spacial score (nSPS) is 10.6. The average Bonchev–Trinajstić information content (AvgIpc) is 2.35. The molecule has 0 aliphatic heterocycles. The molecule has 21 heavy (non-hydrogen) atoms. The lowest BCUT2D eigenvalue weighted by Crippen LogP contribution is -2.48. The molecule has 0 aromatic rings. The fraction of sp³-hybridized carbons (Fsp3) is 0.786. The minimum absolute atomic E-state index is 0.0398. The molecule has 122 valence electrons. The number of carbonyl (C=O) groups excluding carboxylic acids is 2. The maximum absolute atomic E-state index is 12.2.